The third kappa shape index (κ3) is 3.22. The molecule has 7 nitrogen and oxygen atoms in total. The van der Waals surface area contributed by atoms with Gasteiger partial charge in [0, 0.05) is 41.0 Å². The number of carbonyl (C=O) groups excluding carboxylic acids is 1. The summed E-state index contributed by atoms with van der Waals surface area (Å²) in [6.45, 7) is 0.0539. The van der Waals surface area contributed by atoms with Crippen molar-refractivity contribution in [3.63, 3.8) is 0 Å². The predicted molar refractivity (Wildman–Crippen MR) is 133 cm³/mol. The number of anilines is 1. The minimum Gasteiger partial charge on any atom is -0.395 e. The molecule has 0 aliphatic carbocycles. The highest BCUT2D eigenvalue weighted by Crippen LogP contribution is 2.32. The first kappa shape index (κ1) is 20.1. The van der Waals surface area contributed by atoms with Gasteiger partial charge >= 0.3 is 0 Å². The summed E-state index contributed by atoms with van der Waals surface area (Å²) in [5.41, 5.74) is 5.52. The third-order valence-electron chi connectivity index (χ3n) is 5.90. The largest absolute Gasteiger partial charge is 0.395 e. The van der Waals surface area contributed by atoms with E-state index in [0.717, 1.165) is 38.5 Å². The van der Waals surface area contributed by atoms with Crippen LogP contribution in [0.15, 0.2) is 85.2 Å². The van der Waals surface area contributed by atoms with Crippen LogP contribution >= 0.6 is 0 Å². The average Bonchev–Trinajstić information content (AvgIpc) is 2.91. The number of para-hydroxylation sites is 1. The second-order valence-corrected chi connectivity index (χ2v) is 7.94. The Morgan fingerprint density at radius 1 is 0.735 bits per heavy atom. The summed E-state index contributed by atoms with van der Waals surface area (Å²) in [5.74, 6) is -0.210. The minimum atomic E-state index is -0.210. The number of amides is 1. The number of hydrogen-bond donors (Lipinski definition) is 1. The monoisotopic (exact) mass is 445 g/mol. The van der Waals surface area contributed by atoms with Crippen LogP contribution in [0, 0.1) is 0 Å². The van der Waals surface area contributed by atoms with Crippen LogP contribution in [0.5, 0.6) is 0 Å². The Bertz CT molecular complexity index is 1700. The summed E-state index contributed by atoms with van der Waals surface area (Å²) in [6, 6.07) is 22.3. The molecule has 6 aromatic rings. The lowest BCUT2D eigenvalue weighted by Crippen LogP contribution is -2.33. The molecule has 164 valence electrons. The number of fused-ring (bicyclic) bond motifs is 7. The van der Waals surface area contributed by atoms with E-state index < -0.39 is 0 Å². The number of pyridine rings is 2. The van der Waals surface area contributed by atoms with Crippen LogP contribution in [-0.2, 0) is 0 Å². The Labute approximate surface area is 194 Å². The van der Waals surface area contributed by atoms with Gasteiger partial charge in [0.1, 0.15) is 0 Å². The predicted octanol–water partition coefficient (Wildman–Crippen LogP) is 4.52. The van der Waals surface area contributed by atoms with Crippen molar-refractivity contribution >= 4 is 55.5 Å². The maximum absolute atomic E-state index is 13.4. The van der Waals surface area contributed by atoms with Crippen LogP contribution in [0.1, 0.15) is 10.4 Å². The average molecular weight is 445 g/mol. The first-order valence-electron chi connectivity index (χ1n) is 11.0. The van der Waals surface area contributed by atoms with E-state index in [-0.39, 0.29) is 19.1 Å². The van der Waals surface area contributed by atoms with Gasteiger partial charge < -0.3 is 10.0 Å². The summed E-state index contributed by atoms with van der Waals surface area (Å²) in [7, 11) is 0. The fraction of sp³-hybridized carbons (Fsp3) is 0.0741. The lowest BCUT2D eigenvalue weighted by Gasteiger charge is -2.22. The van der Waals surface area contributed by atoms with E-state index in [1.807, 2.05) is 60.7 Å². The van der Waals surface area contributed by atoms with E-state index in [2.05, 4.69) is 9.97 Å². The second kappa shape index (κ2) is 8.13. The van der Waals surface area contributed by atoms with E-state index in [1.54, 1.807) is 29.4 Å². The van der Waals surface area contributed by atoms with Gasteiger partial charge in [-0.3, -0.25) is 14.8 Å². The minimum absolute atomic E-state index is 0.140. The summed E-state index contributed by atoms with van der Waals surface area (Å²) in [6.07, 6.45) is 3.49. The molecule has 0 aliphatic heterocycles. The molecular weight excluding hydrogens is 426 g/mol. The van der Waals surface area contributed by atoms with Gasteiger partial charge in [-0.1, -0.05) is 18.2 Å². The van der Waals surface area contributed by atoms with E-state index in [1.165, 1.54) is 0 Å². The quantitative estimate of drug-likeness (QED) is 0.317. The molecule has 3 aromatic heterocycles. The number of aliphatic hydroxyl groups is 1. The Morgan fingerprint density at radius 2 is 1.38 bits per heavy atom. The first-order chi connectivity index (χ1) is 16.7. The smallest absolute Gasteiger partial charge is 0.258 e. The zero-order valence-electron chi connectivity index (χ0n) is 18.1. The van der Waals surface area contributed by atoms with Crippen molar-refractivity contribution in [3.05, 3.63) is 90.8 Å². The molecule has 0 fully saturated rings. The number of carbonyl (C=O) groups is 1. The van der Waals surface area contributed by atoms with Crippen molar-refractivity contribution in [2.75, 3.05) is 18.1 Å². The van der Waals surface area contributed by atoms with Gasteiger partial charge in [0.2, 0.25) is 0 Å². The molecule has 1 N–H and O–H groups in total. The molecule has 0 spiro atoms. The summed E-state index contributed by atoms with van der Waals surface area (Å²) in [4.78, 5) is 33.9. The van der Waals surface area contributed by atoms with Crippen LogP contribution in [-0.4, -0.2) is 44.1 Å². The molecule has 3 heterocycles. The van der Waals surface area contributed by atoms with Crippen molar-refractivity contribution in [1.29, 1.82) is 0 Å². The Hall–Kier alpha value is -4.49. The highest BCUT2D eigenvalue weighted by Gasteiger charge is 2.19. The van der Waals surface area contributed by atoms with Crippen LogP contribution in [0.4, 0.5) is 5.69 Å². The van der Waals surface area contributed by atoms with Crippen molar-refractivity contribution in [1.82, 2.24) is 19.9 Å². The Kier molecular flexibility index (Phi) is 4.82. The molecule has 0 bridgehead atoms. The molecule has 0 saturated heterocycles. The third-order valence-corrected chi connectivity index (χ3v) is 5.90. The molecule has 0 saturated carbocycles. The van der Waals surface area contributed by atoms with Crippen LogP contribution in [0.2, 0.25) is 0 Å². The van der Waals surface area contributed by atoms with Gasteiger partial charge in [-0.25, -0.2) is 9.97 Å². The molecule has 7 heteroatoms. The zero-order valence-corrected chi connectivity index (χ0v) is 18.1. The highest BCUT2D eigenvalue weighted by atomic mass is 16.3. The van der Waals surface area contributed by atoms with Crippen LogP contribution in [0.3, 0.4) is 0 Å². The summed E-state index contributed by atoms with van der Waals surface area (Å²) < 4.78 is 0. The van der Waals surface area contributed by atoms with Gasteiger partial charge in [-0.05, 0) is 54.6 Å². The second-order valence-electron chi connectivity index (χ2n) is 7.94. The SMILES string of the molecule is O=C(c1ccc2nc3c4cccnc4c4ncccc4c3nc2c1)N(CCO)c1ccccc1. The Morgan fingerprint density at radius 3 is 2.03 bits per heavy atom. The van der Waals surface area contributed by atoms with E-state index in [9.17, 15) is 9.90 Å². The van der Waals surface area contributed by atoms with Crippen molar-refractivity contribution in [2.45, 2.75) is 0 Å². The molecule has 0 atom stereocenters. The number of nitrogens with zero attached hydrogens (tertiary/aromatic N) is 5. The van der Waals surface area contributed by atoms with Gasteiger partial charge in [0.05, 0.1) is 39.7 Å². The highest BCUT2D eigenvalue weighted by molar-refractivity contribution is 6.21. The van der Waals surface area contributed by atoms with Crippen LogP contribution < -0.4 is 4.90 Å². The molecule has 0 aliphatic rings. The molecule has 0 unspecified atom stereocenters. The van der Waals surface area contributed by atoms with Gasteiger partial charge in [-0.15, -0.1) is 0 Å². The van der Waals surface area contributed by atoms with E-state index >= 15 is 0 Å². The first-order valence-corrected chi connectivity index (χ1v) is 11.0. The molecule has 3 aromatic carbocycles. The molecule has 0 radical (unpaired) electrons. The molecule has 6 rings (SSSR count). The summed E-state index contributed by atoms with van der Waals surface area (Å²) in [5, 5.41) is 11.3. The van der Waals surface area contributed by atoms with E-state index in [0.29, 0.717) is 16.6 Å². The van der Waals surface area contributed by atoms with Crippen molar-refractivity contribution in [3.8, 4) is 0 Å². The maximum atomic E-state index is 13.4. The number of rotatable bonds is 4. The number of hydrogen-bond acceptors (Lipinski definition) is 6. The molecular formula is C27H19N5O2. The standard InChI is InChI=1S/C27H19N5O2/c33-15-14-32(18-6-2-1-3-7-18)27(34)17-10-11-21-22(16-17)31-26-20-9-5-13-29-24(20)23-19(25(26)30-21)8-4-12-28-23/h1-13,16,33H,14-15H2. The number of benzene rings is 3. The fourth-order valence-corrected chi connectivity index (χ4v) is 4.34. The topological polar surface area (TPSA) is 92.1 Å². The van der Waals surface area contributed by atoms with Gasteiger partial charge in [0.25, 0.3) is 5.91 Å². The number of aromatic nitrogens is 4. The lowest BCUT2D eigenvalue weighted by molar-refractivity contribution is 0.0981. The summed E-state index contributed by atoms with van der Waals surface area (Å²) >= 11 is 0. The number of aliphatic hydroxyl groups excluding tert-OH is 1. The normalized spacial score (nSPS) is 11.4. The lowest BCUT2D eigenvalue weighted by atomic mass is 10.1. The van der Waals surface area contributed by atoms with Crippen molar-refractivity contribution in [2.24, 2.45) is 0 Å². The zero-order chi connectivity index (χ0) is 23.1. The van der Waals surface area contributed by atoms with E-state index in [4.69, 9.17) is 9.97 Å². The van der Waals surface area contributed by atoms with Gasteiger partial charge in [-0.2, -0.15) is 0 Å². The Balaban J connectivity index is 1.56. The fourth-order valence-electron chi connectivity index (χ4n) is 4.34. The maximum Gasteiger partial charge on any atom is 0.258 e. The van der Waals surface area contributed by atoms with Crippen LogP contribution in [0.25, 0.3) is 43.9 Å². The molecule has 1 amide bonds. The van der Waals surface area contributed by atoms with Gasteiger partial charge in [0.15, 0.2) is 0 Å². The van der Waals surface area contributed by atoms with Crippen molar-refractivity contribution < 1.29 is 9.90 Å². The molecule has 34 heavy (non-hydrogen) atoms.